The van der Waals surface area contributed by atoms with Gasteiger partial charge in [-0.05, 0) is 43.2 Å². The molecule has 0 aromatic heterocycles. The zero-order valence-electron chi connectivity index (χ0n) is 14.8. The van der Waals surface area contributed by atoms with Gasteiger partial charge in [-0.3, -0.25) is 9.69 Å². The highest BCUT2D eigenvalue weighted by atomic mass is 16.5. The normalized spacial score (nSPS) is 10.7. The molecule has 0 spiro atoms. The SMILES string of the molecule is CCOc1ccc(NC(=O)CN(CCN)CCc2ccccc2)cc1. The molecule has 0 heterocycles. The molecule has 5 heteroatoms. The average molecular weight is 341 g/mol. The van der Waals surface area contributed by atoms with Crippen LogP contribution in [0.5, 0.6) is 5.75 Å². The monoisotopic (exact) mass is 341 g/mol. The first-order valence-corrected chi connectivity index (χ1v) is 8.70. The van der Waals surface area contributed by atoms with Crippen molar-refractivity contribution in [2.75, 3.05) is 38.1 Å². The lowest BCUT2D eigenvalue weighted by molar-refractivity contribution is -0.117. The predicted molar refractivity (Wildman–Crippen MR) is 102 cm³/mol. The van der Waals surface area contributed by atoms with Crippen LogP contribution in [-0.2, 0) is 11.2 Å². The maximum Gasteiger partial charge on any atom is 0.238 e. The number of ether oxygens (including phenoxy) is 1. The predicted octanol–water partition coefficient (Wildman–Crippen LogP) is 2.53. The number of nitrogens with one attached hydrogen (secondary N) is 1. The van der Waals surface area contributed by atoms with Crippen LogP contribution < -0.4 is 15.8 Å². The van der Waals surface area contributed by atoms with E-state index in [4.69, 9.17) is 10.5 Å². The number of carbonyl (C=O) groups excluding carboxylic acids is 1. The van der Waals surface area contributed by atoms with Crippen LogP contribution in [0.1, 0.15) is 12.5 Å². The van der Waals surface area contributed by atoms with E-state index in [1.54, 1.807) is 0 Å². The van der Waals surface area contributed by atoms with Crippen molar-refractivity contribution in [3.05, 3.63) is 60.2 Å². The summed E-state index contributed by atoms with van der Waals surface area (Å²) in [5.74, 6) is 0.763. The summed E-state index contributed by atoms with van der Waals surface area (Å²) in [6, 6.07) is 17.7. The summed E-state index contributed by atoms with van der Waals surface area (Å²) in [6.07, 6.45) is 0.900. The van der Waals surface area contributed by atoms with E-state index in [0.717, 1.165) is 24.4 Å². The molecule has 0 atom stereocenters. The van der Waals surface area contributed by atoms with Gasteiger partial charge in [-0.1, -0.05) is 30.3 Å². The Kier molecular flexibility index (Phi) is 7.95. The number of nitrogens with zero attached hydrogens (tertiary/aromatic N) is 1. The second-order valence-corrected chi connectivity index (χ2v) is 5.81. The second kappa shape index (κ2) is 10.5. The summed E-state index contributed by atoms with van der Waals surface area (Å²) in [5, 5.41) is 2.92. The third-order valence-corrected chi connectivity index (χ3v) is 3.82. The van der Waals surface area contributed by atoms with E-state index in [9.17, 15) is 4.79 Å². The van der Waals surface area contributed by atoms with Crippen LogP contribution in [0.2, 0.25) is 0 Å². The number of benzene rings is 2. The summed E-state index contributed by atoms with van der Waals surface area (Å²) in [5.41, 5.74) is 7.71. The van der Waals surface area contributed by atoms with Crippen LogP contribution in [0, 0.1) is 0 Å². The molecule has 2 rings (SSSR count). The Morgan fingerprint density at radius 1 is 1.08 bits per heavy atom. The van der Waals surface area contributed by atoms with Crippen molar-refractivity contribution >= 4 is 11.6 Å². The fraction of sp³-hybridized carbons (Fsp3) is 0.350. The van der Waals surface area contributed by atoms with Gasteiger partial charge in [-0.25, -0.2) is 0 Å². The van der Waals surface area contributed by atoms with E-state index < -0.39 is 0 Å². The summed E-state index contributed by atoms with van der Waals surface area (Å²) in [7, 11) is 0. The Labute approximate surface area is 149 Å². The molecule has 0 bridgehead atoms. The Morgan fingerprint density at radius 2 is 1.80 bits per heavy atom. The Morgan fingerprint density at radius 3 is 2.44 bits per heavy atom. The maximum atomic E-state index is 12.3. The molecule has 0 saturated heterocycles. The van der Waals surface area contributed by atoms with Gasteiger partial charge >= 0.3 is 0 Å². The topological polar surface area (TPSA) is 67.6 Å². The molecule has 0 aliphatic heterocycles. The van der Waals surface area contributed by atoms with Gasteiger partial charge < -0.3 is 15.8 Å². The van der Waals surface area contributed by atoms with Gasteiger partial charge in [0.1, 0.15) is 5.75 Å². The van der Waals surface area contributed by atoms with Crippen LogP contribution in [-0.4, -0.2) is 43.6 Å². The van der Waals surface area contributed by atoms with Gasteiger partial charge in [0.2, 0.25) is 5.91 Å². The molecule has 2 aromatic carbocycles. The largest absolute Gasteiger partial charge is 0.494 e. The fourth-order valence-corrected chi connectivity index (χ4v) is 2.59. The molecule has 3 N–H and O–H groups in total. The molecule has 0 unspecified atom stereocenters. The summed E-state index contributed by atoms with van der Waals surface area (Å²) in [4.78, 5) is 14.4. The Bertz CT molecular complexity index is 629. The number of carbonyl (C=O) groups is 1. The highest BCUT2D eigenvalue weighted by molar-refractivity contribution is 5.92. The number of amides is 1. The number of hydrogen-bond donors (Lipinski definition) is 2. The second-order valence-electron chi connectivity index (χ2n) is 5.81. The number of rotatable bonds is 10. The number of anilines is 1. The molecule has 1 amide bonds. The third kappa shape index (κ3) is 6.95. The highest BCUT2D eigenvalue weighted by Crippen LogP contribution is 2.15. The third-order valence-electron chi connectivity index (χ3n) is 3.82. The van der Waals surface area contributed by atoms with Gasteiger partial charge in [0.25, 0.3) is 0 Å². The van der Waals surface area contributed by atoms with E-state index >= 15 is 0 Å². The van der Waals surface area contributed by atoms with Crippen molar-refractivity contribution in [1.29, 1.82) is 0 Å². The van der Waals surface area contributed by atoms with E-state index in [2.05, 4.69) is 22.3 Å². The van der Waals surface area contributed by atoms with Crippen LogP contribution in [0.3, 0.4) is 0 Å². The minimum atomic E-state index is -0.0364. The molecule has 0 radical (unpaired) electrons. The maximum absolute atomic E-state index is 12.3. The van der Waals surface area contributed by atoms with Crippen molar-refractivity contribution in [2.24, 2.45) is 5.73 Å². The van der Waals surface area contributed by atoms with Gasteiger partial charge in [-0.15, -0.1) is 0 Å². The van der Waals surface area contributed by atoms with Crippen molar-refractivity contribution in [3.8, 4) is 5.75 Å². The van der Waals surface area contributed by atoms with E-state index in [1.807, 2.05) is 49.4 Å². The van der Waals surface area contributed by atoms with E-state index in [0.29, 0.717) is 26.2 Å². The van der Waals surface area contributed by atoms with Crippen molar-refractivity contribution in [2.45, 2.75) is 13.3 Å². The van der Waals surface area contributed by atoms with E-state index in [1.165, 1.54) is 5.56 Å². The number of hydrogen-bond acceptors (Lipinski definition) is 4. The molecule has 2 aromatic rings. The molecule has 134 valence electrons. The van der Waals surface area contributed by atoms with Crippen LogP contribution in [0.4, 0.5) is 5.69 Å². The summed E-state index contributed by atoms with van der Waals surface area (Å²) >= 11 is 0. The van der Waals surface area contributed by atoms with E-state index in [-0.39, 0.29) is 5.91 Å². The lowest BCUT2D eigenvalue weighted by Gasteiger charge is -2.21. The lowest BCUT2D eigenvalue weighted by atomic mass is 10.1. The lowest BCUT2D eigenvalue weighted by Crippen LogP contribution is -2.37. The van der Waals surface area contributed by atoms with Crippen molar-refractivity contribution in [3.63, 3.8) is 0 Å². The molecular weight excluding hydrogens is 314 g/mol. The molecule has 25 heavy (non-hydrogen) atoms. The summed E-state index contributed by atoms with van der Waals surface area (Å²) in [6.45, 7) is 4.93. The average Bonchev–Trinajstić information content (AvgIpc) is 2.63. The Hall–Kier alpha value is -2.37. The quantitative estimate of drug-likeness (QED) is 0.697. The first-order chi connectivity index (χ1) is 12.2. The number of nitrogens with two attached hydrogens (primary N) is 1. The van der Waals surface area contributed by atoms with Crippen molar-refractivity contribution < 1.29 is 9.53 Å². The highest BCUT2D eigenvalue weighted by Gasteiger charge is 2.10. The molecule has 0 fully saturated rings. The smallest absolute Gasteiger partial charge is 0.238 e. The van der Waals surface area contributed by atoms with Gasteiger partial charge in [0.15, 0.2) is 0 Å². The first kappa shape index (κ1) is 19.0. The zero-order chi connectivity index (χ0) is 17.9. The molecular formula is C20H27N3O2. The zero-order valence-corrected chi connectivity index (χ0v) is 14.8. The standard InChI is InChI=1S/C20H27N3O2/c1-2-25-19-10-8-18(9-11-19)22-20(24)16-23(15-13-21)14-12-17-6-4-3-5-7-17/h3-11H,2,12-16,21H2,1H3,(H,22,24). The van der Waals surface area contributed by atoms with Crippen molar-refractivity contribution in [1.82, 2.24) is 4.90 Å². The van der Waals surface area contributed by atoms with Crippen LogP contribution in [0.25, 0.3) is 0 Å². The minimum Gasteiger partial charge on any atom is -0.494 e. The van der Waals surface area contributed by atoms with Gasteiger partial charge in [0.05, 0.1) is 13.2 Å². The Balaban J connectivity index is 1.84. The van der Waals surface area contributed by atoms with Gasteiger partial charge in [0, 0.05) is 25.3 Å². The molecule has 0 saturated carbocycles. The van der Waals surface area contributed by atoms with Gasteiger partial charge in [-0.2, -0.15) is 0 Å². The first-order valence-electron chi connectivity index (χ1n) is 8.70. The molecule has 0 aliphatic carbocycles. The summed E-state index contributed by atoms with van der Waals surface area (Å²) < 4.78 is 5.40. The molecule has 0 aliphatic rings. The minimum absolute atomic E-state index is 0.0364. The fourth-order valence-electron chi connectivity index (χ4n) is 2.59. The molecule has 5 nitrogen and oxygen atoms in total. The van der Waals surface area contributed by atoms with Crippen LogP contribution in [0.15, 0.2) is 54.6 Å². The van der Waals surface area contributed by atoms with Crippen LogP contribution >= 0.6 is 0 Å².